The van der Waals surface area contributed by atoms with Gasteiger partial charge in [-0.25, -0.2) is 9.59 Å². The molecule has 0 unspecified atom stereocenters. The molecular formula is C13H17NO5. The first-order chi connectivity index (χ1) is 9.06. The van der Waals surface area contributed by atoms with Gasteiger partial charge in [-0.3, -0.25) is 4.90 Å². The van der Waals surface area contributed by atoms with Crippen molar-refractivity contribution < 1.29 is 24.5 Å². The molecule has 0 fully saturated rings. The second-order valence-corrected chi connectivity index (χ2v) is 4.02. The molecule has 2 N–H and O–H groups in total. The summed E-state index contributed by atoms with van der Waals surface area (Å²) in [4.78, 5) is 23.6. The van der Waals surface area contributed by atoms with Crippen LogP contribution in [0.15, 0.2) is 30.3 Å². The number of carboxylic acids is 1. The predicted molar refractivity (Wildman–Crippen MR) is 67.5 cm³/mol. The van der Waals surface area contributed by atoms with Crippen LogP contribution in [0.3, 0.4) is 0 Å². The standard InChI is InChI=1S/C13H17NO5/c1-14(11(7-8-15)12(16)17)13(18)19-9-10-5-3-2-4-6-10/h2-6,11,15H,7-9H2,1H3,(H,16,17)/t11-/m1/s1. The number of benzene rings is 1. The van der Waals surface area contributed by atoms with E-state index in [1.165, 1.54) is 7.05 Å². The average molecular weight is 267 g/mol. The van der Waals surface area contributed by atoms with Gasteiger partial charge in [-0.1, -0.05) is 30.3 Å². The van der Waals surface area contributed by atoms with Crippen molar-refractivity contribution in [3.63, 3.8) is 0 Å². The van der Waals surface area contributed by atoms with Crippen molar-refractivity contribution in [2.24, 2.45) is 0 Å². The maximum absolute atomic E-state index is 11.7. The Balaban J connectivity index is 2.54. The number of ether oxygens (including phenoxy) is 1. The summed E-state index contributed by atoms with van der Waals surface area (Å²) >= 11 is 0. The lowest BCUT2D eigenvalue weighted by Crippen LogP contribution is -2.43. The van der Waals surface area contributed by atoms with E-state index in [0.29, 0.717) is 0 Å². The summed E-state index contributed by atoms with van der Waals surface area (Å²) in [5.41, 5.74) is 0.818. The molecule has 6 heteroatoms. The summed E-state index contributed by atoms with van der Waals surface area (Å²) in [7, 11) is 1.34. The topological polar surface area (TPSA) is 87.1 Å². The van der Waals surface area contributed by atoms with Crippen molar-refractivity contribution in [3.8, 4) is 0 Å². The molecular weight excluding hydrogens is 250 g/mol. The molecule has 1 aromatic rings. The number of amides is 1. The van der Waals surface area contributed by atoms with Gasteiger partial charge < -0.3 is 14.9 Å². The van der Waals surface area contributed by atoms with Crippen LogP contribution in [0.25, 0.3) is 0 Å². The van der Waals surface area contributed by atoms with Crippen molar-refractivity contribution in [1.82, 2.24) is 4.90 Å². The van der Waals surface area contributed by atoms with Gasteiger partial charge in [0.2, 0.25) is 0 Å². The molecule has 0 bridgehead atoms. The molecule has 0 heterocycles. The number of aliphatic carboxylic acids is 1. The number of nitrogens with zero attached hydrogens (tertiary/aromatic N) is 1. The monoisotopic (exact) mass is 267 g/mol. The van der Waals surface area contributed by atoms with E-state index in [1.807, 2.05) is 18.2 Å². The zero-order valence-corrected chi connectivity index (χ0v) is 10.7. The van der Waals surface area contributed by atoms with Crippen LogP contribution in [0.4, 0.5) is 4.79 Å². The normalized spacial score (nSPS) is 11.7. The molecule has 0 aliphatic heterocycles. The second-order valence-electron chi connectivity index (χ2n) is 4.02. The van der Waals surface area contributed by atoms with E-state index in [0.717, 1.165) is 10.5 Å². The fourth-order valence-electron chi connectivity index (χ4n) is 1.55. The van der Waals surface area contributed by atoms with Crippen LogP contribution in [-0.4, -0.2) is 46.9 Å². The lowest BCUT2D eigenvalue weighted by Gasteiger charge is -2.23. The van der Waals surface area contributed by atoms with Gasteiger partial charge in [0, 0.05) is 20.1 Å². The Labute approximate surface area is 111 Å². The van der Waals surface area contributed by atoms with Crippen molar-refractivity contribution >= 4 is 12.1 Å². The first kappa shape index (κ1) is 15.0. The molecule has 6 nitrogen and oxygen atoms in total. The van der Waals surface area contributed by atoms with Crippen LogP contribution in [0.1, 0.15) is 12.0 Å². The molecule has 19 heavy (non-hydrogen) atoms. The number of aliphatic hydroxyl groups excluding tert-OH is 1. The lowest BCUT2D eigenvalue weighted by atomic mass is 10.2. The molecule has 0 aliphatic rings. The van der Waals surface area contributed by atoms with Gasteiger partial charge in [0.15, 0.2) is 0 Å². The molecule has 104 valence electrons. The van der Waals surface area contributed by atoms with Crippen LogP contribution in [0, 0.1) is 0 Å². The highest BCUT2D eigenvalue weighted by molar-refractivity contribution is 5.79. The average Bonchev–Trinajstić information content (AvgIpc) is 2.42. The third kappa shape index (κ3) is 4.59. The number of hydrogen-bond donors (Lipinski definition) is 2. The molecule has 1 amide bonds. The Morgan fingerprint density at radius 2 is 1.95 bits per heavy atom. The molecule has 0 saturated heterocycles. The maximum atomic E-state index is 11.7. The van der Waals surface area contributed by atoms with Crippen LogP contribution < -0.4 is 0 Å². The highest BCUT2D eigenvalue weighted by Crippen LogP contribution is 2.07. The third-order valence-electron chi connectivity index (χ3n) is 2.65. The lowest BCUT2D eigenvalue weighted by molar-refractivity contribution is -0.142. The van der Waals surface area contributed by atoms with E-state index in [-0.39, 0.29) is 19.6 Å². The highest BCUT2D eigenvalue weighted by Gasteiger charge is 2.26. The first-order valence-electron chi connectivity index (χ1n) is 5.83. The van der Waals surface area contributed by atoms with Gasteiger partial charge >= 0.3 is 12.1 Å². The predicted octanol–water partition coefficient (Wildman–Crippen LogP) is 1.09. The number of aliphatic hydroxyl groups is 1. The van der Waals surface area contributed by atoms with Gasteiger partial charge in [0.05, 0.1) is 0 Å². The van der Waals surface area contributed by atoms with Gasteiger partial charge in [-0.05, 0) is 5.56 Å². The quantitative estimate of drug-likeness (QED) is 0.805. The van der Waals surface area contributed by atoms with Gasteiger partial charge in [-0.2, -0.15) is 0 Å². The first-order valence-corrected chi connectivity index (χ1v) is 5.83. The molecule has 1 atom stereocenters. The summed E-state index contributed by atoms with van der Waals surface area (Å²) in [5.74, 6) is -1.17. The largest absolute Gasteiger partial charge is 0.480 e. The Kier molecular flexibility index (Phi) is 5.81. The summed E-state index contributed by atoms with van der Waals surface area (Å²) in [6.45, 7) is -0.233. The van der Waals surface area contributed by atoms with E-state index in [2.05, 4.69) is 0 Å². The zero-order valence-electron chi connectivity index (χ0n) is 10.7. The minimum Gasteiger partial charge on any atom is -0.480 e. The minimum absolute atomic E-state index is 0.0354. The number of hydrogen-bond acceptors (Lipinski definition) is 4. The fraction of sp³-hybridized carbons (Fsp3) is 0.385. The summed E-state index contributed by atoms with van der Waals surface area (Å²) in [6.07, 6.45) is -0.767. The maximum Gasteiger partial charge on any atom is 0.410 e. The Bertz CT molecular complexity index is 420. The van der Waals surface area contributed by atoms with Crippen LogP contribution in [0.5, 0.6) is 0 Å². The van der Waals surface area contributed by atoms with E-state index in [1.54, 1.807) is 12.1 Å². The van der Waals surface area contributed by atoms with Crippen LogP contribution >= 0.6 is 0 Å². The number of likely N-dealkylation sites (N-methyl/N-ethyl adjacent to an activating group) is 1. The van der Waals surface area contributed by atoms with Gasteiger partial charge in [0.1, 0.15) is 12.6 Å². The molecule has 1 aromatic carbocycles. The highest BCUT2D eigenvalue weighted by atomic mass is 16.6. The third-order valence-corrected chi connectivity index (χ3v) is 2.65. The van der Waals surface area contributed by atoms with Crippen LogP contribution in [0.2, 0.25) is 0 Å². The van der Waals surface area contributed by atoms with Crippen molar-refractivity contribution in [2.75, 3.05) is 13.7 Å². The molecule has 1 rings (SSSR count). The Morgan fingerprint density at radius 1 is 1.32 bits per heavy atom. The van der Waals surface area contributed by atoms with E-state index in [4.69, 9.17) is 14.9 Å². The molecule has 0 aliphatic carbocycles. The summed E-state index contributed by atoms with van der Waals surface area (Å²) < 4.78 is 5.01. The Morgan fingerprint density at radius 3 is 2.47 bits per heavy atom. The number of carbonyl (C=O) groups is 2. The van der Waals surface area contributed by atoms with Gasteiger partial charge in [0.25, 0.3) is 0 Å². The fourth-order valence-corrected chi connectivity index (χ4v) is 1.55. The van der Waals surface area contributed by atoms with Crippen molar-refractivity contribution in [1.29, 1.82) is 0 Å². The van der Waals surface area contributed by atoms with E-state index >= 15 is 0 Å². The summed E-state index contributed by atoms with van der Waals surface area (Å²) in [5, 5.41) is 17.7. The number of carboxylic acid groups (broad SMARTS) is 1. The summed E-state index contributed by atoms with van der Waals surface area (Å²) in [6, 6.07) is 8.00. The van der Waals surface area contributed by atoms with E-state index in [9.17, 15) is 9.59 Å². The van der Waals surface area contributed by atoms with Crippen LogP contribution in [-0.2, 0) is 16.1 Å². The molecule has 0 radical (unpaired) electrons. The molecule has 0 aromatic heterocycles. The van der Waals surface area contributed by atoms with Crippen molar-refractivity contribution in [2.45, 2.75) is 19.1 Å². The van der Waals surface area contributed by atoms with Gasteiger partial charge in [-0.15, -0.1) is 0 Å². The van der Waals surface area contributed by atoms with E-state index < -0.39 is 18.1 Å². The Hall–Kier alpha value is -2.08. The SMILES string of the molecule is CN(C(=O)OCc1ccccc1)[C@H](CCO)C(=O)O. The number of carbonyl (C=O) groups excluding carboxylic acids is 1. The minimum atomic E-state index is -1.17. The molecule has 0 saturated carbocycles. The van der Waals surface area contributed by atoms with Crippen molar-refractivity contribution in [3.05, 3.63) is 35.9 Å². The zero-order chi connectivity index (χ0) is 14.3. The molecule has 0 spiro atoms. The number of rotatable bonds is 6. The smallest absolute Gasteiger partial charge is 0.410 e. The second kappa shape index (κ2) is 7.38.